The molecule has 0 fully saturated rings. The van der Waals surface area contributed by atoms with Gasteiger partial charge in [0.15, 0.2) is 0 Å². The Labute approximate surface area is 162 Å². The number of carbonyl (C=O) groups is 1. The summed E-state index contributed by atoms with van der Waals surface area (Å²) >= 11 is 0. The van der Waals surface area contributed by atoms with E-state index in [1.54, 1.807) is 6.92 Å². The lowest BCUT2D eigenvalue weighted by Crippen LogP contribution is -2.31. The third kappa shape index (κ3) is 3.67. The number of carbonyl (C=O) groups excluding carboxylic acids is 1. The van der Waals surface area contributed by atoms with E-state index < -0.39 is 0 Å². The number of amides is 1. The van der Waals surface area contributed by atoms with E-state index in [1.807, 2.05) is 36.4 Å². The molecule has 4 rings (SSSR count). The zero-order chi connectivity index (χ0) is 19.7. The van der Waals surface area contributed by atoms with Gasteiger partial charge in [-0.05, 0) is 37.1 Å². The number of hydrogen-bond acceptors (Lipinski definition) is 4. The van der Waals surface area contributed by atoms with Gasteiger partial charge < -0.3 is 15.0 Å². The second kappa shape index (κ2) is 7.31. The van der Waals surface area contributed by atoms with Crippen molar-refractivity contribution in [3.05, 3.63) is 87.0 Å². The Morgan fingerprint density at radius 2 is 1.75 bits per heavy atom. The number of rotatable bonds is 4. The molecule has 0 saturated heterocycles. The third-order valence-electron chi connectivity index (χ3n) is 4.88. The van der Waals surface area contributed by atoms with Crippen molar-refractivity contribution in [1.29, 1.82) is 0 Å². The van der Waals surface area contributed by atoms with Crippen molar-refractivity contribution in [2.75, 3.05) is 5.32 Å². The number of benzene rings is 2. The summed E-state index contributed by atoms with van der Waals surface area (Å²) in [6.07, 6.45) is 0.213. The van der Waals surface area contributed by atoms with E-state index in [9.17, 15) is 9.59 Å². The van der Waals surface area contributed by atoms with E-state index in [4.69, 9.17) is 4.74 Å². The number of fused-ring (bicyclic) bond motifs is 1. The first-order chi connectivity index (χ1) is 13.5. The summed E-state index contributed by atoms with van der Waals surface area (Å²) in [6.45, 7) is 4.23. The molecule has 0 radical (unpaired) electrons. The van der Waals surface area contributed by atoms with Crippen LogP contribution in [0.2, 0.25) is 0 Å². The Hall–Kier alpha value is -3.41. The van der Waals surface area contributed by atoms with Gasteiger partial charge >= 0.3 is 0 Å². The van der Waals surface area contributed by atoms with Gasteiger partial charge in [0, 0.05) is 12.3 Å². The van der Waals surface area contributed by atoms with Crippen LogP contribution in [-0.2, 0) is 11.4 Å². The number of H-pyrrole nitrogens is 1. The Balaban J connectivity index is 1.55. The number of aromatic amines is 1. The van der Waals surface area contributed by atoms with Gasteiger partial charge in [-0.15, -0.1) is 0 Å². The molecule has 1 amide bonds. The summed E-state index contributed by atoms with van der Waals surface area (Å²) in [6, 6.07) is 15.7. The molecule has 2 N–H and O–H groups in total. The van der Waals surface area contributed by atoms with Crippen LogP contribution in [0.25, 0.3) is 0 Å². The molecule has 28 heavy (non-hydrogen) atoms. The Bertz CT molecular complexity index is 1070. The highest BCUT2D eigenvalue weighted by molar-refractivity contribution is 5.94. The van der Waals surface area contributed by atoms with Crippen molar-refractivity contribution in [1.82, 2.24) is 9.97 Å². The number of aryl methyl sites for hydroxylation is 2. The van der Waals surface area contributed by atoms with Gasteiger partial charge in [-0.1, -0.05) is 42.0 Å². The predicted octanol–water partition coefficient (Wildman–Crippen LogP) is 3.44. The van der Waals surface area contributed by atoms with E-state index in [2.05, 4.69) is 34.3 Å². The van der Waals surface area contributed by atoms with Crippen LogP contribution < -0.4 is 15.6 Å². The van der Waals surface area contributed by atoms with Crippen molar-refractivity contribution in [2.45, 2.75) is 32.8 Å². The van der Waals surface area contributed by atoms with Crippen molar-refractivity contribution in [2.24, 2.45) is 0 Å². The minimum absolute atomic E-state index is 0.144. The highest BCUT2D eigenvalue weighted by atomic mass is 16.5. The van der Waals surface area contributed by atoms with Crippen LogP contribution in [0.15, 0.2) is 53.3 Å². The third-order valence-corrected chi connectivity index (χ3v) is 4.88. The van der Waals surface area contributed by atoms with E-state index in [1.165, 1.54) is 5.56 Å². The minimum atomic E-state index is -0.327. The lowest BCUT2D eigenvalue weighted by atomic mass is 9.87. The largest absolute Gasteiger partial charge is 0.489 e. The number of hydrogen-bond donors (Lipinski definition) is 2. The maximum Gasteiger partial charge on any atom is 0.256 e. The Morgan fingerprint density at radius 3 is 2.46 bits per heavy atom. The smallest absolute Gasteiger partial charge is 0.256 e. The molecule has 6 nitrogen and oxygen atoms in total. The molecular weight excluding hydrogens is 354 g/mol. The van der Waals surface area contributed by atoms with E-state index in [-0.39, 0.29) is 23.8 Å². The maximum absolute atomic E-state index is 12.5. The molecule has 0 unspecified atom stereocenters. The SMILES string of the molecule is Cc1ccc(COc2ccc([C@@H]3CC(=O)Nc4nc(C)[nH]c(=O)c43)cc2)cc1. The van der Waals surface area contributed by atoms with Crippen LogP contribution in [0.4, 0.5) is 5.82 Å². The molecule has 0 bridgehead atoms. The highest BCUT2D eigenvalue weighted by Gasteiger charge is 2.30. The second-order valence-corrected chi connectivity index (χ2v) is 7.06. The summed E-state index contributed by atoms with van der Waals surface area (Å²) in [7, 11) is 0. The minimum Gasteiger partial charge on any atom is -0.489 e. The second-order valence-electron chi connectivity index (χ2n) is 7.06. The number of anilines is 1. The van der Waals surface area contributed by atoms with Crippen molar-refractivity contribution >= 4 is 11.7 Å². The highest BCUT2D eigenvalue weighted by Crippen LogP contribution is 2.34. The van der Waals surface area contributed by atoms with Gasteiger partial charge in [0.1, 0.15) is 24.0 Å². The average Bonchev–Trinajstić information content (AvgIpc) is 2.67. The Morgan fingerprint density at radius 1 is 1.04 bits per heavy atom. The van der Waals surface area contributed by atoms with Crippen LogP contribution in [0.5, 0.6) is 5.75 Å². The van der Waals surface area contributed by atoms with Crippen LogP contribution in [0.1, 0.15) is 40.4 Å². The van der Waals surface area contributed by atoms with Gasteiger partial charge in [0.05, 0.1) is 5.56 Å². The first kappa shape index (κ1) is 18.0. The number of nitrogens with zero attached hydrogens (tertiary/aromatic N) is 1. The number of nitrogens with one attached hydrogen (secondary N) is 2. The fraction of sp³-hybridized carbons (Fsp3) is 0.227. The molecule has 0 spiro atoms. The molecule has 2 aromatic carbocycles. The predicted molar refractivity (Wildman–Crippen MR) is 107 cm³/mol. The molecule has 1 aliphatic rings. The summed E-state index contributed by atoms with van der Waals surface area (Å²) in [4.78, 5) is 31.5. The normalized spacial score (nSPS) is 15.6. The molecular formula is C22H21N3O3. The fourth-order valence-corrected chi connectivity index (χ4v) is 3.42. The van der Waals surface area contributed by atoms with E-state index in [0.717, 1.165) is 16.9 Å². The molecule has 1 atom stereocenters. The van der Waals surface area contributed by atoms with Gasteiger partial charge in [0.25, 0.3) is 5.56 Å². The quantitative estimate of drug-likeness (QED) is 0.732. The first-order valence-electron chi connectivity index (χ1n) is 9.18. The van der Waals surface area contributed by atoms with Gasteiger partial charge in [-0.2, -0.15) is 0 Å². The average molecular weight is 375 g/mol. The molecule has 1 aromatic heterocycles. The topological polar surface area (TPSA) is 84.1 Å². The van der Waals surface area contributed by atoms with Crippen LogP contribution >= 0.6 is 0 Å². The molecule has 142 valence electrons. The summed E-state index contributed by atoms with van der Waals surface area (Å²) < 4.78 is 5.84. The zero-order valence-corrected chi connectivity index (χ0v) is 15.8. The molecule has 3 aromatic rings. The summed E-state index contributed by atoms with van der Waals surface area (Å²) in [5, 5.41) is 2.70. The number of aromatic nitrogens is 2. The molecule has 6 heteroatoms. The van der Waals surface area contributed by atoms with Gasteiger partial charge in [-0.3, -0.25) is 9.59 Å². The van der Waals surface area contributed by atoms with Crippen LogP contribution in [0.3, 0.4) is 0 Å². The molecule has 0 aliphatic carbocycles. The monoisotopic (exact) mass is 375 g/mol. The summed E-state index contributed by atoms with van der Waals surface area (Å²) in [5.41, 5.74) is 3.48. The molecule has 0 saturated carbocycles. The summed E-state index contributed by atoms with van der Waals surface area (Å²) in [5.74, 6) is 1.09. The van der Waals surface area contributed by atoms with Gasteiger partial charge in [-0.25, -0.2) is 4.98 Å². The fourth-order valence-electron chi connectivity index (χ4n) is 3.42. The van der Waals surface area contributed by atoms with Crippen molar-refractivity contribution in [3.63, 3.8) is 0 Å². The van der Waals surface area contributed by atoms with Gasteiger partial charge in [0.2, 0.25) is 5.91 Å². The number of ether oxygens (including phenoxy) is 1. The molecule has 2 heterocycles. The van der Waals surface area contributed by atoms with Crippen molar-refractivity contribution < 1.29 is 9.53 Å². The lowest BCUT2D eigenvalue weighted by Gasteiger charge is -2.24. The van der Waals surface area contributed by atoms with E-state index in [0.29, 0.717) is 23.8 Å². The first-order valence-corrected chi connectivity index (χ1v) is 9.18. The Kier molecular flexibility index (Phi) is 4.69. The lowest BCUT2D eigenvalue weighted by molar-refractivity contribution is -0.116. The standard InChI is InChI=1S/C22H21N3O3/c1-13-3-5-15(6-4-13)12-28-17-9-7-16(8-10-17)18-11-19(26)25-21-20(18)22(27)24-14(2)23-21/h3-10,18H,11-12H2,1-2H3,(H2,23,24,25,26,27)/t18-/m0/s1. The van der Waals surface area contributed by atoms with Crippen LogP contribution in [0, 0.1) is 13.8 Å². The zero-order valence-electron chi connectivity index (χ0n) is 15.8. The molecule has 1 aliphatic heterocycles. The van der Waals surface area contributed by atoms with Crippen LogP contribution in [-0.4, -0.2) is 15.9 Å². The maximum atomic E-state index is 12.5. The van der Waals surface area contributed by atoms with E-state index >= 15 is 0 Å². The van der Waals surface area contributed by atoms with Crippen molar-refractivity contribution in [3.8, 4) is 5.75 Å².